The van der Waals surface area contributed by atoms with Crippen LogP contribution in [0.1, 0.15) is 53.9 Å². The zero-order valence-electron chi connectivity index (χ0n) is 14.3. The molecule has 1 aliphatic rings. The van der Waals surface area contributed by atoms with Gasteiger partial charge in [-0.15, -0.1) is 0 Å². The maximum atomic E-state index is 12.0. The molecule has 2 unspecified atom stereocenters. The van der Waals surface area contributed by atoms with E-state index in [2.05, 4.69) is 33.0 Å². The SMILES string of the molecule is CC(C)CC(C)(C)COC1(NC(=O)[C@@H](N)CC(=O)O)CC1C. The summed E-state index contributed by atoms with van der Waals surface area (Å²) >= 11 is 0. The van der Waals surface area contributed by atoms with Crippen LogP contribution in [-0.4, -0.2) is 35.4 Å². The summed E-state index contributed by atoms with van der Waals surface area (Å²) in [6.45, 7) is 11.2. The highest BCUT2D eigenvalue weighted by Crippen LogP contribution is 2.45. The van der Waals surface area contributed by atoms with Crippen molar-refractivity contribution in [1.29, 1.82) is 0 Å². The van der Waals surface area contributed by atoms with Gasteiger partial charge < -0.3 is 20.9 Å². The summed E-state index contributed by atoms with van der Waals surface area (Å²) in [6.07, 6.45) is 1.38. The van der Waals surface area contributed by atoms with Crippen LogP contribution in [0.4, 0.5) is 0 Å². The van der Waals surface area contributed by atoms with Crippen LogP contribution in [0.5, 0.6) is 0 Å². The van der Waals surface area contributed by atoms with Gasteiger partial charge in [0.1, 0.15) is 5.72 Å². The van der Waals surface area contributed by atoms with Gasteiger partial charge in [-0.2, -0.15) is 0 Å². The molecule has 6 nitrogen and oxygen atoms in total. The topological polar surface area (TPSA) is 102 Å². The van der Waals surface area contributed by atoms with E-state index < -0.39 is 23.6 Å². The number of carbonyl (C=O) groups excluding carboxylic acids is 1. The summed E-state index contributed by atoms with van der Waals surface area (Å²) in [4.78, 5) is 22.6. The zero-order valence-corrected chi connectivity index (χ0v) is 14.3. The molecule has 0 aromatic rings. The van der Waals surface area contributed by atoms with E-state index >= 15 is 0 Å². The van der Waals surface area contributed by atoms with Gasteiger partial charge in [-0.25, -0.2) is 0 Å². The monoisotopic (exact) mass is 314 g/mol. The Balaban J connectivity index is 2.56. The molecule has 3 atom stereocenters. The lowest BCUT2D eigenvalue weighted by Crippen LogP contribution is -2.50. The molecule has 0 aliphatic heterocycles. The Kier molecular flexibility index (Phi) is 5.98. The Morgan fingerprint density at radius 2 is 2.00 bits per heavy atom. The molecular weight excluding hydrogens is 284 g/mol. The summed E-state index contributed by atoms with van der Waals surface area (Å²) in [7, 11) is 0. The van der Waals surface area contributed by atoms with E-state index in [9.17, 15) is 9.59 Å². The second-order valence-corrected chi connectivity index (χ2v) is 7.74. The van der Waals surface area contributed by atoms with Crippen molar-refractivity contribution in [2.24, 2.45) is 23.0 Å². The first-order chi connectivity index (χ1) is 9.97. The molecule has 0 radical (unpaired) electrons. The third-order valence-electron chi connectivity index (χ3n) is 3.99. The van der Waals surface area contributed by atoms with E-state index in [0.29, 0.717) is 12.5 Å². The zero-order chi connectivity index (χ0) is 17.1. The van der Waals surface area contributed by atoms with Gasteiger partial charge in [0.15, 0.2) is 0 Å². The highest BCUT2D eigenvalue weighted by molar-refractivity contribution is 5.86. The average Bonchev–Trinajstić information content (AvgIpc) is 2.95. The first kappa shape index (κ1) is 18.9. The van der Waals surface area contributed by atoms with Crippen LogP contribution in [-0.2, 0) is 14.3 Å². The van der Waals surface area contributed by atoms with E-state index in [-0.39, 0.29) is 17.8 Å². The van der Waals surface area contributed by atoms with Gasteiger partial charge in [0.05, 0.1) is 19.1 Å². The molecule has 128 valence electrons. The predicted molar refractivity (Wildman–Crippen MR) is 84.1 cm³/mol. The number of hydrogen-bond donors (Lipinski definition) is 3. The lowest BCUT2D eigenvalue weighted by molar-refractivity contribution is -0.141. The molecule has 1 amide bonds. The van der Waals surface area contributed by atoms with Crippen LogP contribution in [0.15, 0.2) is 0 Å². The smallest absolute Gasteiger partial charge is 0.305 e. The van der Waals surface area contributed by atoms with Crippen LogP contribution in [0.3, 0.4) is 0 Å². The molecule has 1 aliphatic carbocycles. The number of rotatable bonds is 9. The van der Waals surface area contributed by atoms with Gasteiger partial charge in [0, 0.05) is 12.3 Å². The number of nitrogens with one attached hydrogen (secondary N) is 1. The average molecular weight is 314 g/mol. The molecule has 1 saturated carbocycles. The fraction of sp³-hybridized carbons (Fsp3) is 0.875. The fourth-order valence-corrected chi connectivity index (χ4v) is 2.88. The number of amides is 1. The third-order valence-corrected chi connectivity index (χ3v) is 3.99. The van der Waals surface area contributed by atoms with Gasteiger partial charge >= 0.3 is 5.97 Å². The van der Waals surface area contributed by atoms with Crippen molar-refractivity contribution < 1.29 is 19.4 Å². The third kappa shape index (κ3) is 5.57. The van der Waals surface area contributed by atoms with Crippen molar-refractivity contribution in [3.05, 3.63) is 0 Å². The number of carboxylic acid groups (broad SMARTS) is 1. The molecule has 1 fully saturated rings. The lowest BCUT2D eigenvalue weighted by Gasteiger charge is -2.30. The van der Waals surface area contributed by atoms with Crippen molar-refractivity contribution in [2.75, 3.05) is 6.61 Å². The minimum Gasteiger partial charge on any atom is -0.481 e. The molecule has 0 heterocycles. The number of ether oxygens (including phenoxy) is 1. The van der Waals surface area contributed by atoms with E-state index in [1.807, 2.05) is 6.92 Å². The summed E-state index contributed by atoms with van der Waals surface area (Å²) in [5, 5.41) is 11.5. The highest BCUT2D eigenvalue weighted by atomic mass is 16.5. The maximum absolute atomic E-state index is 12.0. The van der Waals surface area contributed by atoms with E-state index in [1.54, 1.807) is 0 Å². The number of carbonyl (C=O) groups is 2. The van der Waals surface area contributed by atoms with E-state index in [4.69, 9.17) is 15.6 Å². The molecule has 1 rings (SSSR count). The van der Waals surface area contributed by atoms with Gasteiger partial charge in [-0.05, 0) is 17.8 Å². The first-order valence-corrected chi connectivity index (χ1v) is 7.91. The number of hydrogen-bond acceptors (Lipinski definition) is 4. The van der Waals surface area contributed by atoms with E-state index in [0.717, 1.165) is 12.8 Å². The second kappa shape index (κ2) is 6.96. The number of nitrogens with two attached hydrogens (primary N) is 1. The Hall–Kier alpha value is -1.14. The molecule has 0 aromatic heterocycles. The van der Waals surface area contributed by atoms with Crippen molar-refractivity contribution in [2.45, 2.75) is 65.6 Å². The highest BCUT2D eigenvalue weighted by Gasteiger charge is 2.54. The van der Waals surface area contributed by atoms with Gasteiger partial charge in [-0.1, -0.05) is 34.6 Å². The Morgan fingerprint density at radius 1 is 1.45 bits per heavy atom. The normalized spacial score (nSPS) is 25.9. The molecule has 0 spiro atoms. The molecule has 0 saturated heterocycles. The minimum atomic E-state index is -1.08. The second-order valence-electron chi connectivity index (χ2n) is 7.74. The summed E-state index contributed by atoms with van der Waals surface area (Å²) in [5.74, 6) is -0.763. The largest absolute Gasteiger partial charge is 0.481 e. The number of carboxylic acids is 1. The molecule has 0 aromatic carbocycles. The van der Waals surface area contributed by atoms with Crippen LogP contribution in [0, 0.1) is 17.3 Å². The lowest BCUT2D eigenvalue weighted by atomic mass is 9.85. The van der Waals surface area contributed by atoms with Crippen LogP contribution < -0.4 is 11.1 Å². The Bertz CT molecular complexity index is 422. The predicted octanol–water partition coefficient (Wildman–Crippen LogP) is 1.73. The maximum Gasteiger partial charge on any atom is 0.305 e. The minimum absolute atomic E-state index is 0.0252. The van der Waals surface area contributed by atoms with Gasteiger partial charge in [-0.3, -0.25) is 9.59 Å². The molecule has 22 heavy (non-hydrogen) atoms. The van der Waals surface area contributed by atoms with Crippen molar-refractivity contribution in [3.8, 4) is 0 Å². The molecular formula is C16H30N2O4. The first-order valence-electron chi connectivity index (χ1n) is 7.91. The quantitative estimate of drug-likeness (QED) is 0.563. The van der Waals surface area contributed by atoms with Crippen molar-refractivity contribution in [1.82, 2.24) is 5.32 Å². The molecule has 6 heteroatoms. The summed E-state index contributed by atoms with van der Waals surface area (Å²) in [6, 6.07) is -1.05. The van der Waals surface area contributed by atoms with Crippen LogP contribution in [0.25, 0.3) is 0 Å². The Morgan fingerprint density at radius 3 is 2.41 bits per heavy atom. The van der Waals surface area contributed by atoms with Crippen LogP contribution in [0.2, 0.25) is 0 Å². The van der Waals surface area contributed by atoms with Gasteiger partial charge in [0.2, 0.25) is 5.91 Å². The summed E-state index contributed by atoms with van der Waals surface area (Å²) in [5.41, 5.74) is 4.94. The van der Waals surface area contributed by atoms with E-state index in [1.165, 1.54) is 0 Å². The number of aliphatic carboxylic acids is 1. The fourth-order valence-electron chi connectivity index (χ4n) is 2.88. The van der Waals surface area contributed by atoms with Crippen molar-refractivity contribution >= 4 is 11.9 Å². The van der Waals surface area contributed by atoms with Crippen LogP contribution >= 0.6 is 0 Å². The van der Waals surface area contributed by atoms with Crippen molar-refractivity contribution in [3.63, 3.8) is 0 Å². The molecule has 4 N–H and O–H groups in total. The standard InChI is InChI=1S/C16H30N2O4/c1-10(2)7-15(4,5)9-22-16(8-11(16)3)18-14(21)12(17)6-13(19)20/h10-12H,6-9,17H2,1-5H3,(H,18,21)(H,19,20)/t11?,12-,16?/m0/s1. The summed E-state index contributed by atoms with van der Waals surface area (Å²) < 4.78 is 6.01. The Labute approximate surface area is 132 Å². The van der Waals surface area contributed by atoms with Gasteiger partial charge in [0.25, 0.3) is 0 Å². The molecule has 0 bridgehead atoms.